The van der Waals surface area contributed by atoms with Gasteiger partial charge < -0.3 is 9.47 Å². The topological polar surface area (TPSA) is 51.0 Å². The van der Waals surface area contributed by atoms with E-state index >= 15 is 0 Å². The van der Waals surface area contributed by atoms with E-state index in [0.29, 0.717) is 13.1 Å². The molecule has 1 unspecified atom stereocenters. The van der Waals surface area contributed by atoms with Gasteiger partial charge in [0, 0.05) is 25.2 Å². The fraction of sp³-hybridized carbons (Fsp3) is 0.348. The zero-order valence-corrected chi connectivity index (χ0v) is 18.3. The molecule has 0 N–H and O–H groups in total. The molecule has 5 nitrogen and oxygen atoms in total. The Morgan fingerprint density at radius 3 is 2.38 bits per heavy atom. The summed E-state index contributed by atoms with van der Waals surface area (Å²) in [6.07, 6.45) is 0. The number of likely N-dealkylation sites (N-methyl/N-ethyl adjacent to an activating group) is 1. The monoisotopic (exact) mass is 408 g/mol. The second-order valence-electron chi connectivity index (χ2n) is 6.84. The number of aromatic nitrogens is 3. The van der Waals surface area contributed by atoms with Gasteiger partial charge in [0.2, 0.25) is 5.91 Å². The van der Waals surface area contributed by atoms with Crippen molar-refractivity contribution in [1.82, 2.24) is 19.7 Å². The molecule has 0 fully saturated rings. The molecular formula is C23H28N4OS. The van der Waals surface area contributed by atoms with E-state index in [2.05, 4.69) is 40.7 Å². The van der Waals surface area contributed by atoms with Crippen LogP contribution in [-0.4, -0.2) is 38.7 Å². The highest BCUT2D eigenvalue weighted by Crippen LogP contribution is 2.37. The van der Waals surface area contributed by atoms with E-state index in [1.54, 1.807) is 0 Å². The molecule has 6 heteroatoms. The first-order chi connectivity index (χ1) is 14.1. The summed E-state index contributed by atoms with van der Waals surface area (Å²) in [5, 5.41) is 9.33. The highest BCUT2D eigenvalue weighted by atomic mass is 32.2. The maximum Gasteiger partial charge on any atom is 0.240 e. The minimum atomic E-state index is -0.351. The molecule has 1 atom stereocenters. The molecule has 0 saturated heterocycles. The van der Waals surface area contributed by atoms with Crippen molar-refractivity contribution >= 4 is 17.7 Å². The lowest BCUT2D eigenvalue weighted by Crippen LogP contribution is -2.34. The van der Waals surface area contributed by atoms with Gasteiger partial charge in [0.25, 0.3) is 0 Å². The van der Waals surface area contributed by atoms with Crippen LogP contribution in [0.5, 0.6) is 0 Å². The van der Waals surface area contributed by atoms with Crippen LogP contribution in [-0.2, 0) is 11.3 Å². The second kappa shape index (κ2) is 9.74. The van der Waals surface area contributed by atoms with Gasteiger partial charge in [0.05, 0.1) is 0 Å². The third-order valence-corrected chi connectivity index (χ3v) is 6.16. The van der Waals surface area contributed by atoms with E-state index in [1.807, 2.05) is 61.2 Å². The van der Waals surface area contributed by atoms with E-state index in [9.17, 15) is 4.79 Å². The Morgan fingerprint density at radius 2 is 1.76 bits per heavy atom. The molecule has 3 aromatic rings. The van der Waals surface area contributed by atoms with Crippen LogP contribution in [0, 0.1) is 6.92 Å². The molecule has 0 aliphatic heterocycles. The van der Waals surface area contributed by atoms with Crippen LogP contribution in [0.3, 0.4) is 0 Å². The fourth-order valence-electron chi connectivity index (χ4n) is 3.35. The van der Waals surface area contributed by atoms with Gasteiger partial charge in [-0.3, -0.25) is 4.79 Å². The highest BCUT2D eigenvalue weighted by Gasteiger charge is 2.28. The fourth-order valence-corrected chi connectivity index (χ4v) is 4.54. The number of benzene rings is 2. The summed E-state index contributed by atoms with van der Waals surface area (Å²) < 4.78 is 2.09. The van der Waals surface area contributed by atoms with Crippen LogP contribution in [0.4, 0.5) is 0 Å². The number of nitrogens with zero attached hydrogens (tertiary/aromatic N) is 4. The molecule has 1 amide bonds. The molecule has 2 aromatic carbocycles. The summed E-state index contributed by atoms with van der Waals surface area (Å²) in [6.45, 7) is 10.3. The first-order valence-corrected chi connectivity index (χ1v) is 11.0. The van der Waals surface area contributed by atoms with Crippen molar-refractivity contribution in [1.29, 1.82) is 0 Å². The van der Waals surface area contributed by atoms with Gasteiger partial charge in [-0.1, -0.05) is 65.9 Å². The number of amides is 1. The number of hydrogen-bond acceptors (Lipinski definition) is 4. The maximum atomic E-state index is 13.3. The lowest BCUT2D eigenvalue weighted by molar-refractivity contribution is -0.130. The smallest absolute Gasteiger partial charge is 0.240 e. The first-order valence-electron chi connectivity index (χ1n) is 10.1. The SMILES string of the molecule is CCN(CC)C(=O)C(Sc1nnc(-c2cccc(C)c2)n1CC)c1ccccc1. The summed E-state index contributed by atoms with van der Waals surface area (Å²) in [6, 6.07) is 18.2. The van der Waals surface area contributed by atoms with Crippen LogP contribution >= 0.6 is 11.8 Å². The molecule has 0 aliphatic rings. The van der Waals surface area contributed by atoms with Crippen molar-refractivity contribution in [2.45, 2.75) is 44.6 Å². The average Bonchev–Trinajstić information content (AvgIpc) is 3.16. The Morgan fingerprint density at radius 1 is 1.03 bits per heavy atom. The summed E-state index contributed by atoms with van der Waals surface area (Å²) in [4.78, 5) is 15.2. The van der Waals surface area contributed by atoms with Gasteiger partial charge in [-0.2, -0.15) is 0 Å². The number of rotatable bonds is 8. The third kappa shape index (κ3) is 4.70. The van der Waals surface area contributed by atoms with Gasteiger partial charge in [-0.25, -0.2) is 0 Å². The summed E-state index contributed by atoms with van der Waals surface area (Å²) in [5.74, 6) is 0.940. The summed E-state index contributed by atoms with van der Waals surface area (Å²) in [7, 11) is 0. The van der Waals surface area contributed by atoms with Gasteiger partial charge in [0.1, 0.15) is 5.25 Å². The molecular weight excluding hydrogens is 380 g/mol. The number of carbonyl (C=O) groups excluding carboxylic acids is 1. The van der Waals surface area contributed by atoms with Crippen molar-refractivity contribution < 1.29 is 4.79 Å². The molecule has 0 bridgehead atoms. The minimum absolute atomic E-state index is 0.106. The maximum absolute atomic E-state index is 13.3. The predicted molar refractivity (Wildman–Crippen MR) is 119 cm³/mol. The van der Waals surface area contributed by atoms with Crippen molar-refractivity contribution in [2.24, 2.45) is 0 Å². The molecule has 29 heavy (non-hydrogen) atoms. The zero-order chi connectivity index (χ0) is 20.8. The Hall–Kier alpha value is -2.60. The average molecular weight is 409 g/mol. The zero-order valence-electron chi connectivity index (χ0n) is 17.5. The Labute approximate surface area is 177 Å². The molecule has 0 spiro atoms. The van der Waals surface area contributed by atoms with E-state index in [-0.39, 0.29) is 11.2 Å². The largest absolute Gasteiger partial charge is 0.342 e. The molecule has 0 aliphatic carbocycles. The standard InChI is InChI=1S/C23H28N4OS/c1-5-26(6-2)22(28)20(18-13-9-8-10-14-18)29-23-25-24-21(27(23)7-3)19-15-11-12-17(4)16-19/h8-16,20H,5-7H2,1-4H3. The molecule has 152 valence electrons. The second-order valence-corrected chi connectivity index (χ2v) is 7.91. The Bertz CT molecular complexity index is 951. The van der Waals surface area contributed by atoms with E-state index in [1.165, 1.54) is 17.3 Å². The van der Waals surface area contributed by atoms with E-state index < -0.39 is 0 Å². The molecule has 1 heterocycles. The predicted octanol–water partition coefficient (Wildman–Crippen LogP) is 4.98. The highest BCUT2D eigenvalue weighted by molar-refractivity contribution is 8.00. The van der Waals surface area contributed by atoms with Crippen molar-refractivity contribution in [2.75, 3.05) is 13.1 Å². The van der Waals surface area contributed by atoms with Crippen molar-refractivity contribution in [3.8, 4) is 11.4 Å². The van der Waals surface area contributed by atoms with Gasteiger partial charge in [-0.05, 0) is 39.3 Å². The van der Waals surface area contributed by atoms with Gasteiger partial charge in [0.15, 0.2) is 11.0 Å². The number of aryl methyl sites for hydroxylation is 1. The molecule has 1 aromatic heterocycles. The minimum Gasteiger partial charge on any atom is -0.342 e. The van der Waals surface area contributed by atoms with Crippen LogP contribution in [0.25, 0.3) is 11.4 Å². The van der Waals surface area contributed by atoms with Gasteiger partial charge >= 0.3 is 0 Å². The van der Waals surface area contributed by atoms with Crippen LogP contribution in [0.15, 0.2) is 59.8 Å². The normalized spacial score (nSPS) is 12.0. The van der Waals surface area contributed by atoms with Crippen LogP contribution in [0.1, 0.15) is 37.1 Å². The number of thioether (sulfide) groups is 1. The molecule has 3 rings (SSSR count). The van der Waals surface area contributed by atoms with Gasteiger partial charge in [-0.15, -0.1) is 10.2 Å². The number of hydrogen-bond donors (Lipinski definition) is 0. The lowest BCUT2D eigenvalue weighted by Gasteiger charge is -2.25. The van der Waals surface area contributed by atoms with Crippen molar-refractivity contribution in [3.05, 3.63) is 65.7 Å². The molecule has 0 radical (unpaired) electrons. The molecule has 0 saturated carbocycles. The van der Waals surface area contributed by atoms with Crippen molar-refractivity contribution in [3.63, 3.8) is 0 Å². The number of carbonyl (C=O) groups is 1. The quantitative estimate of drug-likeness (QED) is 0.494. The summed E-state index contributed by atoms with van der Waals surface area (Å²) >= 11 is 1.48. The Balaban J connectivity index is 1.99. The Kier molecular flexibility index (Phi) is 7.09. The van der Waals surface area contributed by atoms with Crippen LogP contribution in [0.2, 0.25) is 0 Å². The summed E-state index contributed by atoms with van der Waals surface area (Å²) in [5.41, 5.74) is 3.20. The first kappa shape index (κ1) is 21.1. The third-order valence-electron chi connectivity index (χ3n) is 4.93. The lowest BCUT2D eigenvalue weighted by atomic mass is 10.1. The van der Waals surface area contributed by atoms with E-state index in [0.717, 1.165) is 28.7 Å². The van der Waals surface area contributed by atoms with Crippen LogP contribution < -0.4 is 0 Å². The van der Waals surface area contributed by atoms with E-state index in [4.69, 9.17) is 0 Å².